The molecule has 0 heterocycles. The molecule has 39 nitrogen and oxygen atoms in total. The van der Waals surface area contributed by atoms with Crippen LogP contribution in [0.2, 0.25) is 10.0 Å². The van der Waals surface area contributed by atoms with Gasteiger partial charge in [0, 0.05) is 133 Å². The molecule has 10 aromatic carbocycles. The highest BCUT2D eigenvalue weighted by molar-refractivity contribution is 6.31. The SMILES string of the molecule is CCCNC(=O)Nc1ccc(C)cc1.CCCNC(=O)Nc1ccc(CC(=O)O)cc1.CCCNC(=O)Nc1ccc(CC(=O)OC)cc1.CCCNC(=O)Nc1ccc(OC)cc1.CNC(=O)Nc1ccc(C)cc1.CNC(=O)Nc1ccc(Cl)cc1.CNC(=O)Nc1ccc(OC)cc1.CNC(=O)Nc1ccc([N+](=O)[O-])cc1.COC(=O)Nc1ccc(C)cc1.COC(=O)Nc1ccc(Cl)cc1. The number of ether oxygens (including phenoxy) is 5. The summed E-state index contributed by atoms with van der Waals surface area (Å²) in [5, 5.41) is 67.1. The van der Waals surface area contributed by atoms with Crippen molar-refractivity contribution in [2.75, 3.05) is 143 Å². The van der Waals surface area contributed by atoms with Gasteiger partial charge in [-0.05, 0) is 227 Å². The van der Waals surface area contributed by atoms with Gasteiger partial charge in [0.2, 0.25) is 0 Å². The molecule has 0 saturated heterocycles. The van der Waals surface area contributed by atoms with Crippen molar-refractivity contribution in [2.24, 2.45) is 0 Å². The Balaban J connectivity index is 0.000000774. The Morgan fingerprint density at radius 1 is 0.295 bits per heavy atom. The van der Waals surface area contributed by atoms with Gasteiger partial charge in [-0.2, -0.15) is 0 Å². The monoisotopic (exact) mass is 1960 g/mol. The molecule has 18 amide bonds. The van der Waals surface area contributed by atoms with Gasteiger partial charge in [0.15, 0.2) is 0 Å². The lowest BCUT2D eigenvalue weighted by molar-refractivity contribution is -0.384. The normalized spacial score (nSPS) is 9.37. The first-order valence-corrected chi connectivity index (χ1v) is 43.8. The number of nitrogens with zero attached hydrogens (tertiary/aromatic N) is 1. The second-order valence-electron chi connectivity index (χ2n) is 28.2. The molecule has 0 radical (unpaired) electrons. The first-order chi connectivity index (χ1) is 66.5. The predicted molar refractivity (Wildman–Crippen MR) is 549 cm³/mol. The van der Waals surface area contributed by atoms with Crippen LogP contribution in [0.5, 0.6) is 11.5 Å². The number of nitro benzene ring substituents is 1. The molecule has 0 bridgehead atoms. The van der Waals surface area contributed by atoms with Crippen molar-refractivity contribution in [3.8, 4) is 11.5 Å². The number of hydrogen-bond acceptors (Lipinski definition) is 19. The second-order valence-corrected chi connectivity index (χ2v) is 29.0. The second kappa shape index (κ2) is 72.9. The maximum atomic E-state index is 11.4. The number of aliphatic carboxylic acids is 1. The predicted octanol–water partition coefficient (Wildman–Crippen LogP) is 19.9. The Hall–Kier alpha value is -16.6. The average molecular weight is 1960 g/mol. The highest BCUT2D eigenvalue weighted by Crippen LogP contribution is 2.21. The fourth-order valence-corrected chi connectivity index (χ4v) is 9.84. The number of carbonyl (C=O) groups is 12. The quantitative estimate of drug-likeness (QED) is 0.0109. The van der Waals surface area contributed by atoms with Crippen molar-refractivity contribution in [3.05, 3.63) is 291 Å². The molecule has 0 aromatic heterocycles. The number of nitrogens with one attached hydrogen (secondary N) is 18. The lowest BCUT2D eigenvalue weighted by Crippen LogP contribution is -2.29. The summed E-state index contributed by atoms with van der Waals surface area (Å²) >= 11 is 11.3. The van der Waals surface area contributed by atoms with E-state index in [-0.39, 0.29) is 72.7 Å². The molecule has 0 spiro atoms. The summed E-state index contributed by atoms with van der Waals surface area (Å²) in [6, 6.07) is 68.4. The number of amides is 18. The van der Waals surface area contributed by atoms with Gasteiger partial charge < -0.3 is 114 Å². The van der Waals surface area contributed by atoms with E-state index >= 15 is 0 Å². The number of methoxy groups -OCH3 is 5. The Labute approximate surface area is 819 Å². The number of carboxylic acid groups (broad SMARTS) is 1. The third kappa shape index (κ3) is 60.3. The molecular formula is C98H127Cl2N19O20. The van der Waals surface area contributed by atoms with Crippen LogP contribution in [0.15, 0.2) is 243 Å². The highest BCUT2D eigenvalue weighted by Gasteiger charge is 2.11. The van der Waals surface area contributed by atoms with Crippen LogP contribution in [0.3, 0.4) is 0 Å². The van der Waals surface area contributed by atoms with Gasteiger partial charge in [-0.25, -0.2) is 47.9 Å². The van der Waals surface area contributed by atoms with Crippen LogP contribution < -0.4 is 105 Å². The molecule has 10 rings (SSSR count). The molecule has 0 saturated carbocycles. The number of urea groups is 8. The van der Waals surface area contributed by atoms with E-state index in [1.807, 2.05) is 121 Å². The van der Waals surface area contributed by atoms with E-state index in [0.29, 0.717) is 64.5 Å². The molecule has 0 fully saturated rings. The van der Waals surface area contributed by atoms with E-state index < -0.39 is 23.1 Å². The molecule has 19 N–H and O–H groups in total. The molecule has 0 aliphatic heterocycles. The average Bonchev–Trinajstić information content (AvgIpc) is 0.891. The third-order valence-electron chi connectivity index (χ3n) is 16.9. The number of non-ortho nitro benzene ring substituents is 1. The molecular weight excluding hydrogens is 1830 g/mol. The zero-order valence-corrected chi connectivity index (χ0v) is 82.1. The van der Waals surface area contributed by atoms with Crippen molar-refractivity contribution in [3.63, 3.8) is 0 Å². The van der Waals surface area contributed by atoms with Crippen LogP contribution in [0, 0.1) is 30.9 Å². The van der Waals surface area contributed by atoms with E-state index in [1.54, 1.807) is 181 Å². The Kier molecular flexibility index (Phi) is 63.2. The van der Waals surface area contributed by atoms with Crippen LogP contribution in [0.25, 0.3) is 0 Å². The van der Waals surface area contributed by atoms with Gasteiger partial charge in [-0.3, -0.25) is 30.3 Å². The number of halogens is 2. The summed E-state index contributed by atoms with van der Waals surface area (Å²) in [5.41, 5.74) is 12.2. The fourth-order valence-electron chi connectivity index (χ4n) is 9.59. The lowest BCUT2D eigenvalue weighted by atomic mass is 10.1. The zero-order valence-electron chi connectivity index (χ0n) is 80.6. The maximum Gasteiger partial charge on any atom is 0.411 e. The number of benzene rings is 10. The summed E-state index contributed by atoms with van der Waals surface area (Å²) in [5.74, 6) is 0.389. The Morgan fingerprint density at radius 3 is 0.712 bits per heavy atom. The van der Waals surface area contributed by atoms with E-state index in [4.69, 9.17) is 37.8 Å². The Morgan fingerprint density at radius 2 is 0.504 bits per heavy atom. The summed E-state index contributed by atoms with van der Waals surface area (Å²) in [6.45, 7) is 16.7. The minimum atomic E-state index is -0.869. The first-order valence-electron chi connectivity index (χ1n) is 43.1. The number of anilines is 10. The van der Waals surface area contributed by atoms with Crippen LogP contribution in [0.1, 0.15) is 81.2 Å². The number of hydrogen-bond donors (Lipinski definition) is 19. The minimum absolute atomic E-state index is 0.00698. The number of carboxylic acids is 1. The number of carbonyl (C=O) groups excluding carboxylic acids is 11. The molecule has 10 aromatic rings. The van der Waals surface area contributed by atoms with E-state index in [2.05, 4.69) is 110 Å². The van der Waals surface area contributed by atoms with Crippen molar-refractivity contribution in [1.82, 2.24) is 42.5 Å². The van der Waals surface area contributed by atoms with Crippen molar-refractivity contribution in [2.45, 2.75) is 87.0 Å². The van der Waals surface area contributed by atoms with Crippen molar-refractivity contribution in [1.29, 1.82) is 0 Å². The van der Waals surface area contributed by atoms with Crippen LogP contribution >= 0.6 is 23.2 Å². The summed E-state index contributed by atoms with van der Waals surface area (Å²) in [7, 11) is 13.4. The first kappa shape index (κ1) is 120. The van der Waals surface area contributed by atoms with Crippen molar-refractivity contribution < 1.29 is 91.2 Å². The number of nitro groups is 1. The molecule has 41 heteroatoms. The van der Waals surface area contributed by atoms with Crippen molar-refractivity contribution >= 4 is 158 Å². The maximum absolute atomic E-state index is 11.4. The third-order valence-corrected chi connectivity index (χ3v) is 17.4. The van der Waals surface area contributed by atoms with Gasteiger partial charge >= 0.3 is 72.4 Å². The molecule has 139 heavy (non-hydrogen) atoms. The van der Waals surface area contributed by atoms with Gasteiger partial charge in [0.1, 0.15) is 11.5 Å². The fraction of sp³-hybridized carbons (Fsp3) is 0.265. The van der Waals surface area contributed by atoms with Gasteiger partial charge in [-0.15, -0.1) is 0 Å². The number of rotatable bonds is 25. The van der Waals surface area contributed by atoms with E-state index in [9.17, 15) is 67.6 Å². The largest absolute Gasteiger partial charge is 0.497 e. The standard InChI is InChI=1S/C13H18N2O3.C12H16N2O3.C11H16N2O2.C11H16N2O.C9H12N2O2.C9H12N2O.C9H11NO2.C8H9ClN2O.C8H8ClNO2.C8H9N3O3/c1-3-8-14-13(17)15-11-6-4-10(5-7-11)9-12(16)18-2;1-2-7-13-12(17)14-10-5-3-9(4-6-10)8-11(15)16;1-3-8-12-11(14)13-9-4-6-10(15-2)7-5-9;1-3-8-12-11(14)13-10-6-4-9(2)5-7-10;1-10-9(12)11-7-3-5-8(13-2)6-4-7;1-7-3-5-8(6-4-7)11-9(12)10-2;1-7-3-5-8(6-4-7)10-9(11)12-2;1-10-8(12)11-7-4-2-6(9)3-5-7;1-12-8(11)10-7-4-2-6(9)3-5-7;1-9-8(12)10-6-2-4-7(5-3-6)11(13)14/h4-7H,3,8-9H2,1-2H3,(H2,14,15,17);3-6H,2,7-8H2,1H3,(H,15,16)(H2,13,14,17);4-7H,3,8H2,1-2H3,(H2,12,13,14);4-7H,3,8H2,1-2H3,(H2,12,13,14);3-6H,1-2H3,(H2,10,11,12);3-6H,1-2H3,(H2,10,11,12);3-6H,1-2H3,(H,10,11);2-5H,1H3,(H2,10,11,12);2-5H,1H3,(H,10,11);2-5H,1H3,(H2,9,10,12). The summed E-state index contributed by atoms with van der Waals surface area (Å²) < 4.78 is 23.4. The van der Waals surface area contributed by atoms with E-state index in [0.717, 1.165) is 82.4 Å². The van der Waals surface area contributed by atoms with Crippen LogP contribution in [-0.4, -0.2) is 172 Å². The minimum Gasteiger partial charge on any atom is -0.497 e. The molecule has 0 aliphatic rings. The molecule has 0 unspecified atom stereocenters. The highest BCUT2D eigenvalue weighted by atomic mass is 35.5. The topological polar surface area (TPSA) is 531 Å². The van der Waals surface area contributed by atoms with Gasteiger partial charge in [0.25, 0.3) is 5.69 Å². The van der Waals surface area contributed by atoms with Gasteiger partial charge in [-0.1, -0.05) is 128 Å². The number of aryl methyl sites for hydroxylation is 3. The summed E-state index contributed by atoms with van der Waals surface area (Å²) in [4.78, 5) is 141. The smallest absolute Gasteiger partial charge is 0.411 e. The molecule has 748 valence electrons. The molecule has 0 aliphatic carbocycles. The molecule has 0 atom stereocenters. The summed E-state index contributed by atoms with van der Waals surface area (Å²) in [6.07, 6.45) is 2.94. The van der Waals surface area contributed by atoms with Gasteiger partial charge in [0.05, 0.1) is 53.3 Å². The lowest BCUT2D eigenvalue weighted by Gasteiger charge is -2.07. The van der Waals surface area contributed by atoms with E-state index in [1.165, 1.54) is 63.8 Å². The number of esters is 1. The van der Waals surface area contributed by atoms with Crippen LogP contribution in [0.4, 0.5) is 111 Å². The zero-order chi connectivity index (χ0) is 104. The Bertz CT molecular complexity index is 5040. The van der Waals surface area contributed by atoms with Crippen LogP contribution in [-0.2, 0) is 36.6 Å².